The second kappa shape index (κ2) is 8.51. The molecule has 3 aromatic rings. The average molecular weight is 420 g/mol. The lowest BCUT2D eigenvalue weighted by Gasteiger charge is -2.26. The molecular formula is C19H23Cl2N7. The number of hydrogen-bond donors (Lipinski definition) is 3. The Morgan fingerprint density at radius 2 is 1.82 bits per heavy atom. The number of nitrogens with zero attached hydrogens (tertiary/aromatic N) is 4. The van der Waals surface area contributed by atoms with Gasteiger partial charge in [0.2, 0.25) is 11.9 Å². The van der Waals surface area contributed by atoms with Crippen LogP contribution in [0.15, 0.2) is 18.2 Å². The number of H-pyrrole nitrogens is 1. The summed E-state index contributed by atoms with van der Waals surface area (Å²) in [6, 6.07) is 5.42. The van der Waals surface area contributed by atoms with E-state index in [2.05, 4.69) is 35.5 Å². The Bertz CT molecular complexity index is 927. The second-order valence-corrected chi connectivity index (χ2v) is 7.86. The lowest BCUT2D eigenvalue weighted by atomic mass is 10.1. The molecule has 148 valence electrons. The van der Waals surface area contributed by atoms with Crippen LogP contribution in [-0.2, 0) is 0 Å². The first kappa shape index (κ1) is 19.2. The molecule has 0 bridgehead atoms. The minimum atomic E-state index is 0.471. The minimum absolute atomic E-state index is 0.471. The van der Waals surface area contributed by atoms with E-state index in [4.69, 9.17) is 23.2 Å². The molecule has 2 aromatic heterocycles. The average Bonchev–Trinajstić information content (AvgIpc) is 3.03. The topological polar surface area (TPSA) is 81.8 Å². The fourth-order valence-electron chi connectivity index (χ4n) is 3.41. The van der Waals surface area contributed by atoms with Gasteiger partial charge in [-0.1, -0.05) is 29.6 Å². The second-order valence-electron chi connectivity index (χ2n) is 7.04. The Kier molecular flexibility index (Phi) is 5.85. The number of nitrogens with one attached hydrogen (secondary N) is 3. The molecule has 1 saturated heterocycles. The first-order chi connectivity index (χ1) is 13.6. The minimum Gasteiger partial charge on any atom is -0.369 e. The number of aryl methyl sites for hydroxylation is 1. The molecule has 0 amide bonds. The molecule has 3 heterocycles. The van der Waals surface area contributed by atoms with Crippen molar-refractivity contribution in [3.63, 3.8) is 0 Å². The van der Waals surface area contributed by atoms with Crippen molar-refractivity contribution in [1.82, 2.24) is 24.8 Å². The van der Waals surface area contributed by atoms with Crippen LogP contribution in [0.4, 0.5) is 17.7 Å². The highest BCUT2D eigenvalue weighted by Gasteiger charge is 2.11. The zero-order chi connectivity index (χ0) is 19.5. The number of likely N-dealkylation sites (tertiary alicyclic amines) is 1. The Morgan fingerprint density at radius 1 is 1.04 bits per heavy atom. The molecular weight excluding hydrogens is 397 g/mol. The number of benzene rings is 1. The summed E-state index contributed by atoms with van der Waals surface area (Å²) >= 11 is 12.1. The van der Waals surface area contributed by atoms with Crippen molar-refractivity contribution in [3.8, 4) is 0 Å². The predicted octanol–water partition coefficient (Wildman–Crippen LogP) is 4.61. The summed E-state index contributed by atoms with van der Waals surface area (Å²) in [5.74, 6) is 1.82. The number of anilines is 3. The maximum Gasteiger partial charge on any atom is 0.231 e. The normalized spacial score (nSPS) is 15.1. The van der Waals surface area contributed by atoms with Gasteiger partial charge in [0.05, 0.1) is 21.1 Å². The molecule has 0 unspecified atom stereocenters. The van der Waals surface area contributed by atoms with Crippen molar-refractivity contribution < 1.29 is 0 Å². The molecule has 0 aliphatic carbocycles. The molecule has 1 aliphatic rings. The van der Waals surface area contributed by atoms with E-state index in [0.29, 0.717) is 21.9 Å². The number of aromatic amines is 1. The van der Waals surface area contributed by atoms with Crippen LogP contribution in [0.2, 0.25) is 10.0 Å². The van der Waals surface area contributed by atoms with Crippen molar-refractivity contribution in [2.75, 3.05) is 36.8 Å². The number of piperidine rings is 1. The zero-order valence-corrected chi connectivity index (χ0v) is 17.2. The van der Waals surface area contributed by atoms with Crippen LogP contribution in [0.5, 0.6) is 0 Å². The SMILES string of the molecule is Cc1cc(NCCN2CCCCC2)nc(Nc2nc3cc(Cl)c(Cl)cc3[nH]2)n1. The monoisotopic (exact) mass is 419 g/mol. The highest BCUT2D eigenvalue weighted by Crippen LogP contribution is 2.28. The molecule has 7 nitrogen and oxygen atoms in total. The lowest BCUT2D eigenvalue weighted by molar-refractivity contribution is 0.237. The third-order valence-electron chi connectivity index (χ3n) is 4.79. The van der Waals surface area contributed by atoms with E-state index in [9.17, 15) is 0 Å². The summed E-state index contributed by atoms with van der Waals surface area (Å²) in [5, 5.41) is 7.48. The van der Waals surface area contributed by atoms with Crippen LogP contribution in [-0.4, -0.2) is 51.0 Å². The molecule has 0 saturated carbocycles. The van der Waals surface area contributed by atoms with Gasteiger partial charge >= 0.3 is 0 Å². The van der Waals surface area contributed by atoms with Crippen LogP contribution in [0, 0.1) is 6.92 Å². The van der Waals surface area contributed by atoms with E-state index in [1.807, 2.05) is 13.0 Å². The van der Waals surface area contributed by atoms with Gasteiger partial charge in [-0.3, -0.25) is 5.32 Å². The number of fused-ring (bicyclic) bond motifs is 1. The van der Waals surface area contributed by atoms with Gasteiger partial charge < -0.3 is 15.2 Å². The van der Waals surface area contributed by atoms with Gasteiger partial charge in [-0.05, 0) is 45.0 Å². The summed E-state index contributed by atoms with van der Waals surface area (Å²) in [7, 11) is 0. The van der Waals surface area contributed by atoms with Crippen LogP contribution >= 0.6 is 23.2 Å². The van der Waals surface area contributed by atoms with E-state index in [1.54, 1.807) is 12.1 Å². The maximum absolute atomic E-state index is 6.07. The summed E-state index contributed by atoms with van der Waals surface area (Å²) in [6.07, 6.45) is 3.95. The van der Waals surface area contributed by atoms with E-state index >= 15 is 0 Å². The van der Waals surface area contributed by atoms with E-state index in [0.717, 1.165) is 35.6 Å². The largest absolute Gasteiger partial charge is 0.369 e. The number of halogens is 2. The summed E-state index contributed by atoms with van der Waals surface area (Å²) < 4.78 is 0. The van der Waals surface area contributed by atoms with Gasteiger partial charge in [-0.25, -0.2) is 9.97 Å². The van der Waals surface area contributed by atoms with Gasteiger partial charge in [0.25, 0.3) is 0 Å². The molecule has 4 rings (SSSR count). The number of aromatic nitrogens is 4. The molecule has 0 atom stereocenters. The molecule has 3 N–H and O–H groups in total. The molecule has 1 aliphatic heterocycles. The molecule has 0 spiro atoms. The summed E-state index contributed by atoms with van der Waals surface area (Å²) in [6.45, 7) is 6.21. The third kappa shape index (κ3) is 4.66. The summed E-state index contributed by atoms with van der Waals surface area (Å²) in [4.78, 5) is 19.1. The van der Waals surface area contributed by atoms with Crippen LogP contribution in [0.3, 0.4) is 0 Å². The maximum atomic E-state index is 6.07. The van der Waals surface area contributed by atoms with Gasteiger partial charge in [-0.2, -0.15) is 4.98 Å². The highest BCUT2D eigenvalue weighted by molar-refractivity contribution is 6.42. The summed E-state index contributed by atoms with van der Waals surface area (Å²) in [5.41, 5.74) is 2.40. The molecule has 28 heavy (non-hydrogen) atoms. The van der Waals surface area contributed by atoms with E-state index < -0.39 is 0 Å². The number of hydrogen-bond acceptors (Lipinski definition) is 6. The van der Waals surface area contributed by atoms with Crippen molar-refractivity contribution in [3.05, 3.63) is 33.9 Å². The molecule has 0 radical (unpaired) electrons. The van der Waals surface area contributed by atoms with Gasteiger partial charge in [-0.15, -0.1) is 0 Å². The smallest absolute Gasteiger partial charge is 0.231 e. The predicted molar refractivity (Wildman–Crippen MR) is 115 cm³/mol. The van der Waals surface area contributed by atoms with Gasteiger partial charge in [0, 0.05) is 24.8 Å². The molecule has 1 fully saturated rings. The fraction of sp³-hybridized carbons (Fsp3) is 0.421. The first-order valence-corrected chi connectivity index (χ1v) is 10.3. The standard InChI is InChI=1S/C19H23Cl2N7/c1-12-9-17(22-5-8-28-6-3-2-4-7-28)26-18(23-12)27-19-24-15-10-13(20)14(21)11-16(15)25-19/h9-11H,2-8H2,1H3,(H3,22,23,24,25,26,27). The molecule has 1 aromatic carbocycles. The Labute approximate surface area is 173 Å². The Balaban J connectivity index is 1.43. The van der Waals surface area contributed by atoms with Crippen molar-refractivity contribution in [1.29, 1.82) is 0 Å². The van der Waals surface area contributed by atoms with Crippen molar-refractivity contribution >= 4 is 51.9 Å². The Morgan fingerprint density at radius 3 is 2.64 bits per heavy atom. The number of rotatable bonds is 6. The van der Waals surface area contributed by atoms with Crippen LogP contribution in [0.25, 0.3) is 11.0 Å². The van der Waals surface area contributed by atoms with Gasteiger partial charge in [0.1, 0.15) is 5.82 Å². The van der Waals surface area contributed by atoms with Crippen molar-refractivity contribution in [2.45, 2.75) is 26.2 Å². The first-order valence-electron chi connectivity index (χ1n) is 9.50. The lowest BCUT2D eigenvalue weighted by Crippen LogP contribution is -2.33. The van der Waals surface area contributed by atoms with Crippen molar-refractivity contribution in [2.24, 2.45) is 0 Å². The Hall–Kier alpha value is -2.09. The fourth-order valence-corrected chi connectivity index (χ4v) is 3.73. The highest BCUT2D eigenvalue weighted by atomic mass is 35.5. The number of imidazole rings is 1. The van der Waals surface area contributed by atoms with E-state index in [1.165, 1.54) is 32.4 Å². The van der Waals surface area contributed by atoms with Gasteiger partial charge in [0.15, 0.2) is 0 Å². The quantitative estimate of drug-likeness (QED) is 0.540. The zero-order valence-electron chi connectivity index (χ0n) is 15.7. The van der Waals surface area contributed by atoms with Crippen LogP contribution in [0.1, 0.15) is 25.0 Å². The third-order valence-corrected chi connectivity index (χ3v) is 5.51. The molecule has 9 heteroatoms. The van der Waals surface area contributed by atoms with E-state index in [-0.39, 0.29) is 0 Å². The van der Waals surface area contributed by atoms with Crippen LogP contribution < -0.4 is 10.6 Å².